The number of hydrogen-bond acceptors (Lipinski definition) is 4. The first-order valence-corrected chi connectivity index (χ1v) is 8.28. The molecule has 0 unspecified atom stereocenters. The van der Waals surface area contributed by atoms with Crippen LogP contribution in [0.5, 0.6) is 5.75 Å². The van der Waals surface area contributed by atoms with Gasteiger partial charge in [-0.2, -0.15) is 0 Å². The van der Waals surface area contributed by atoms with E-state index < -0.39 is 0 Å². The minimum absolute atomic E-state index is 0.215. The van der Waals surface area contributed by atoms with Crippen molar-refractivity contribution < 1.29 is 14.3 Å². The summed E-state index contributed by atoms with van der Waals surface area (Å²) in [4.78, 5) is 29.0. The first-order chi connectivity index (χ1) is 11.7. The maximum absolute atomic E-state index is 12.9. The van der Waals surface area contributed by atoms with Crippen LogP contribution in [0.4, 0.5) is 0 Å². The van der Waals surface area contributed by atoms with Crippen molar-refractivity contribution in [3.8, 4) is 5.75 Å². The van der Waals surface area contributed by atoms with Gasteiger partial charge >= 0.3 is 0 Å². The van der Waals surface area contributed by atoms with Crippen LogP contribution in [0.15, 0.2) is 42.6 Å². The summed E-state index contributed by atoms with van der Waals surface area (Å²) in [5.41, 5.74) is 1.78. The van der Waals surface area contributed by atoms with E-state index in [4.69, 9.17) is 4.74 Å². The molecular weight excluding hydrogens is 304 g/mol. The Hall–Kier alpha value is -2.56. The Balaban J connectivity index is 2.05. The van der Waals surface area contributed by atoms with E-state index in [1.165, 1.54) is 11.3 Å². The van der Waals surface area contributed by atoms with E-state index in [9.17, 15) is 9.59 Å². The number of ether oxygens (including phenoxy) is 1. The monoisotopic (exact) mass is 326 g/mol. The fourth-order valence-corrected chi connectivity index (χ4v) is 3.29. The molecule has 0 radical (unpaired) electrons. The zero-order valence-corrected chi connectivity index (χ0v) is 14.0. The van der Waals surface area contributed by atoms with Crippen LogP contribution in [0, 0.1) is 0 Å². The van der Waals surface area contributed by atoms with Gasteiger partial charge in [-0.3, -0.25) is 14.5 Å². The molecule has 2 aliphatic heterocycles. The Kier molecular flexibility index (Phi) is 4.69. The zero-order chi connectivity index (χ0) is 17.1. The Morgan fingerprint density at radius 3 is 2.33 bits per heavy atom. The summed E-state index contributed by atoms with van der Waals surface area (Å²) < 4.78 is 5.18. The minimum atomic E-state index is -0.245. The largest absolute Gasteiger partial charge is 0.497 e. The Labute approximate surface area is 142 Å². The lowest BCUT2D eigenvalue weighted by Crippen LogP contribution is -2.37. The number of rotatable bonds is 5. The molecule has 0 spiro atoms. The Bertz CT molecular complexity index is 685. The summed E-state index contributed by atoms with van der Waals surface area (Å²) >= 11 is 0. The SMILES string of the molecule is C=CCN1C(=O)C(c2ccc(OC)cc2)=C(N2CCCCC2)C1=O. The Morgan fingerprint density at radius 1 is 1.08 bits per heavy atom. The molecule has 2 amide bonds. The molecule has 1 fully saturated rings. The van der Waals surface area contributed by atoms with Gasteiger partial charge in [-0.15, -0.1) is 6.58 Å². The molecule has 0 saturated carbocycles. The van der Waals surface area contributed by atoms with E-state index in [1.54, 1.807) is 13.2 Å². The van der Waals surface area contributed by atoms with Crippen molar-refractivity contribution in [3.63, 3.8) is 0 Å². The molecular formula is C19H22N2O3. The van der Waals surface area contributed by atoms with Crippen LogP contribution >= 0.6 is 0 Å². The average molecular weight is 326 g/mol. The summed E-state index contributed by atoms with van der Waals surface area (Å²) in [6, 6.07) is 7.29. The number of piperidine rings is 1. The van der Waals surface area contributed by atoms with E-state index in [1.807, 2.05) is 24.3 Å². The molecule has 0 atom stereocenters. The molecule has 5 heteroatoms. The number of hydrogen-bond donors (Lipinski definition) is 0. The summed E-state index contributed by atoms with van der Waals surface area (Å²) in [5.74, 6) is 0.261. The second kappa shape index (κ2) is 6.91. The van der Waals surface area contributed by atoms with Gasteiger partial charge in [0, 0.05) is 19.6 Å². The van der Waals surface area contributed by atoms with Gasteiger partial charge in [0.2, 0.25) is 0 Å². The fourth-order valence-electron chi connectivity index (χ4n) is 3.29. The minimum Gasteiger partial charge on any atom is -0.497 e. The van der Waals surface area contributed by atoms with Crippen LogP contribution < -0.4 is 4.74 Å². The average Bonchev–Trinajstić information content (AvgIpc) is 2.87. The lowest BCUT2D eigenvalue weighted by Gasteiger charge is -2.29. The van der Waals surface area contributed by atoms with Gasteiger partial charge in [0.1, 0.15) is 11.4 Å². The quantitative estimate of drug-likeness (QED) is 0.616. The first kappa shape index (κ1) is 16.3. The highest BCUT2D eigenvalue weighted by Crippen LogP contribution is 2.33. The van der Waals surface area contributed by atoms with Gasteiger partial charge in [0.15, 0.2) is 0 Å². The molecule has 126 valence electrons. The molecule has 0 aromatic heterocycles. The van der Waals surface area contributed by atoms with E-state index in [0.29, 0.717) is 11.3 Å². The molecule has 1 aromatic carbocycles. The number of likely N-dealkylation sites (tertiary alicyclic amines) is 1. The van der Waals surface area contributed by atoms with Crippen LogP contribution in [-0.4, -0.2) is 48.4 Å². The molecule has 2 aliphatic rings. The fraction of sp³-hybridized carbons (Fsp3) is 0.368. The van der Waals surface area contributed by atoms with Crippen molar-refractivity contribution in [1.29, 1.82) is 0 Å². The van der Waals surface area contributed by atoms with Crippen LogP contribution in [0.1, 0.15) is 24.8 Å². The summed E-state index contributed by atoms with van der Waals surface area (Å²) in [7, 11) is 1.60. The number of carbonyl (C=O) groups is 2. The molecule has 3 rings (SSSR count). The highest BCUT2D eigenvalue weighted by molar-refractivity contribution is 6.35. The molecule has 0 aliphatic carbocycles. The van der Waals surface area contributed by atoms with Gasteiger partial charge < -0.3 is 9.64 Å². The van der Waals surface area contributed by atoms with Crippen molar-refractivity contribution in [2.24, 2.45) is 0 Å². The van der Waals surface area contributed by atoms with E-state index >= 15 is 0 Å². The number of amides is 2. The van der Waals surface area contributed by atoms with Crippen molar-refractivity contribution >= 4 is 17.4 Å². The van der Waals surface area contributed by atoms with Gasteiger partial charge in [0.05, 0.1) is 12.7 Å². The smallest absolute Gasteiger partial charge is 0.278 e. The predicted octanol–water partition coefficient (Wildman–Crippen LogP) is 2.45. The van der Waals surface area contributed by atoms with Crippen molar-refractivity contribution in [2.45, 2.75) is 19.3 Å². The lowest BCUT2D eigenvalue weighted by atomic mass is 10.0. The van der Waals surface area contributed by atoms with Crippen LogP contribution in [0.2, 0.25) is 0 Å². The van der Waals surface area contributed by atoms with Gasteiger partial charge in [-0.05, 0) is 37.0 Å². The molecule has 0 bridgehead atoms. The second-order valence-electron chi connectivity index (χ2n) is 6.01. The number of carbonyl (C=O) groups excluding carboxylic acids is 2. The molecule has 5 nitrogen and oxygen atoms in total. The van der Waals surface area contributed by atoms with Gasteiger partial charge in [0.25, 0.3) is 11.8 Å². The summed E-state index contributed by atoms with van der Waals surface area (Å²) in [6.45, 7) is 5.52. The topological polar surface area (TPSA) is 49.9 Å². The first-order valence-electron chi connectivity index (χ1n) is 8.28. The molecule has 24 heavy (non-hydrogen) atoms. The summed E-state index contributed by atoms with van der Waals surface area (Å²) in [6.07, 6.45) is 4.84. The van der Waals surface area contributed by atoms with E-state index in [0.717, 1.165) is 37.2 Å². The number of nitrogens with zero attached hydrogens (tertiary/aromatic N) is 2. The lowest BCUT2D eigenvalue weighted by molar-refractivity contribution is -0.136. The molecule has 2 heterocycles. The Morgan fingerprint density at radius 2 is 1.75 bits per heavy atom. The van der Waals surface area contributed by atoms with Gasteiger partial charge in [-0.25, -0.2) is 0 Å². The normalized spacial score (nSPS) is 18.4. The molecule has 1 aromatic rings. The van der Waals surface area contributed by atoms with Crippen LogP contribution in [0.25, 0.3) is 5.57 Å². The maximum atomic E-state index is 12.9. The van der Waals surface area contributed by atoms with Gasteiger partial charge in [-0.1, -0.05) is 18.2 Å². The summed E-state index contributed by atoms with van der Waals surface area (Å²) in [5, 5.41) is 0. The maximum Gasteiger partial charge on any atom is 0.278 e. The predicted molar refractivity (Wildman–Crippen MR) is 92.3 cm³/mol. The third-order valence-electron chi connectivity index (χ3n) is 4.51. The zero-order valence-electron chi connectivity index (χ0n) is 14.0. The second-order valence-corrected chi connectivity index (χ2v) is 6.01. The standard InChI is InChI=1S/C19H22N2O3/c1-3-11-21-18(22)16(14-7-9-15(24-2)10-8-14)17(19(21)23)20-12-5-4-6-13-20/h3,7-10H,1,4-6,11-13H2,2H3. The van der Waals surface area contributed by atoms with E-state index in [-0.39, 0.29) is 18.4 Å². The molecule has 1 saturated heterocycles. The third-order valence-corrected chi connectivity index (χ3v) is 4.51. The van der Waals surface area contributed by atoms with Crippen LogP contribution in [-0.2, 0) is 9.59 Å². The molecule has 0 N–H and O–H groups in total. The number of methoxy groups -OCH3 is 1. The van der Waals surface area contributed by atoms with E-state index in [2.05, 4.69) is 11.5 Å². The van der Waals surface area contributed by atoms with Crippen molar-refractivity contribution in [2.75, 3.05) is 26.7 Å². The highest BCUT2D eigenvalue weighted by atomic mass is 16.5. The van der Waals surface area contributed by atoms with Crippen molar-refractivity contribution in [3.05, 3.63) is 48.2 Å². The number of imide groups is 1. The highest BCUT2D eigenvalue weighted by Gasteiger charge is 2.41. The third kappa shape index (κ3) is 2.82. The number of benzene rings is 1. The van der Waals surface area contributed by atoms with Crippen LogP contribution in [0.3, 0.4) is 0 Å². The van der Waals surface area contributed by atoms with Crippen molar-refractivity contribution in [1.82, 2.24) is 9.80 Å².